The highest BCUT2D eigenvalue weighted by Gasteiger charge is 2.27. The maximum atomic E-state index is 12.2. The Hall–Kier alpha value is -2.26. The third kappa shape index (κ3) is 7.10. The quantitative estimate of drug-likeness (QED) is 0.664. The molecule has 0 aliphatic heterocycles. The van der Waals surface area contributed by atoms with Crippen LogP contribution < -0.4 is 15.4 Å². The van der Waals surface area contributed by atoms with Gasteiger partial charge in [0.15, 0.2) is 6.61 Å². The molecule has 0 aliphatic carbocycles. The van der Waals surface area contributed by atoms with Crippen LogP contribution in [0.4, 0.5) is 18.9 Å². The van der Waals surface area contributed by atoms with Crippen molar-refractivity contribution in [3.05, 3.63) is 57.5 Å². The lowest BCUT2D eigenvalue weighted by Crippen LogP contribution is -2.33. The van der Waals surface area contributed by atoms with Crippen molar-refractivity contribution < 1.29 is 27.5 Å². The molecule has 2 aromatic rings. The molecule has 0 saturated heterocycles. The van der Waals surface area contributed by atoms with Crippen LogP contribution in [-0.4, -0.2) is 31.1 Å². The molecule has 0 spiro atoms. The summed E-state index contributed by atoms with van der Waals surface area (Å²) in [5, 5.41) is 4.57. The van der Waals surface area contributed by atoms with E-state index >= 15 is 0 Å². The Morgan fingerprint density at radius 3 is 2.56 bits per heavy atom. The molecule has 0 aromatic heterocycles. The van der Waals surface area contributed by atoms with Crippen LogP contribution in [0.25, 0.3) is 0 Å². The largest absolute Gasteiger partial charge is 0.482 e. The van der Waals surface area contributed by atoms with Crippen molar-refractivity contribution in [2.75, 3.05) is 18.5 Å². The van der Waals surface area contributed by atoms with E-state index < -0.39 is 24.5 Å². The number of carbonyl (C=O) groups excluding carboxylic acids is 2. The lowest BCUT2D eigenvalue weighted by atomic mass is 10.2. The maximum absolute atomic E-state index is 12.2. The van der Waals surface area contributed by atoms with Crippen LogP contribution in [-0.2, 0) is 4.79 Å². The lowest BCUT2D eigenvalue weighted by Gasteiger charge is -2.11. The molecule has 0 bridgehead atoms. The molecule has 10 heteroatoms. The average Bonchev–Trinajstić information content (AvgIpc) is 2.58. The second-order valence-electron chi connectivity index (χ2n) is 5.29. The van der Waals surface area contributed by atoms with Gasteiger partial charge in [-0.2, -0.15) is 13.2 Å². The molecule has 2 aromatic carbocycles. The minimum absolute atomic E-state index is 0.0195. The number of rotatable bonds is 6. The highest BCUT2D eigenvalue weighted by Crippen LogP contribution is 2.27. The van der Waals surface area contributed by atoms with Crippen molar-refractivity contribution in [2.24, 2.45) is 0 Å². The highest BCUT2D eigenvalue weighted by atomic mass is 79.9. The fourth-order valence-corrected chi connectivity index (χ4v) is 2.68. The van der Waals surface area contributed by atoms with Gasteiger partial charge in [0.1, 0.15) is 12.3 Å². The van der Waals surface area contributed by atoms with Gasteiger partial charge in [-0.25, -0.2) is 0 Å². The summed E-state index contributed by atoms with van der Waals surface area (Å²) in [6.07, 6.45) is -4.51. The number of halogens is 5. The van der Waals surface area contributed by atoms with Crippen molar-refractivity contribution in [2.45, 2.75) is 6.18 Å². The van der Waals surface area contributed by atoms with Gasteiger partial charge in [-0.05, 0) is 36.4 Å². The van der Waals surface area contributed by atoms with Crippen LogP contribution in [0.3, 0.4) is 0 Å². The summed E-state index contributed by atoms with van der Waals surface area (Å²) in [5.74, 6) is -1.11. The van der Waals surface area contributed by atoms with Crippen LogP contribution in [0.2, 0.25) is 5.02 Å². The molecule has 2 rings (SSSR count). The zero-order valence-electron chi connectivity index (χ0n) is 13.6. The van der Waals surface area contributed by atoms with Crippen LogP contribution in [0.5, 0.6) is 5.75 Å². The topological polar surface area (TPSA) is 67.4 Å². The molecule has 5 nitrogen and oxygen atoms in total. The minimum Gasteiger partial charge on any atom is -0.482 e. The molecule has 0 aliphatic rings. The second-order valence-corrected chi connectivity index (χ2v) is 6.61. The van der Waals surface area contributed by atoms with Crippen molar-refractivity contribution in [3.8, 4) is 5.75 Å². The number of hydrogen-bond acceptors (Lipinski definition) is 3. The molecular weight excluding hydrogens is 453 g/mol. The van der Waals surface area contributed by atoms with E-state index in [1.165, 1.54) is 24.3 Å². The highest BCUT2D eigenvalue weighted by molar-refractivity contribution is 9.10. The fraction of sp³-hybridized carbons (Fsp3) is 0.176. The number of amides is 2. The lowest BCUT2D eigenvalue weighted by molar-refractivity contribution is -0.123. The van der Waals surface area contributed by atoms with E-state index in [1.54, 1.807) is 23.5 Å². The van der Waals surface area contributed by atoms with E-state index in [0.29, 0.717) is 10.8 Å². The first-order valence-corrected chi connectivity index (χ1v) is 8.64. The molecule has 0 fully saturated rings. The molecule has 0 saturated carbocycles. The third-order valence-electron chi connectivity index (χ3n) is 3.11. The zero-order chi connectivity index (χ0) is 20.0. The van der Waals surface area contributed by atoms with Gasteiger partial charge in [0.2, 0.25) is 0 Å². The summed E-state index contributed by atoms with van der Waals surface area (Å²) in [7, 11) is 0. The predicted molar refractivity (Wildman–Crippen MR) is 98.1 cm³/mol. The van der Waals surface area contributed by atoms with Gasteiger partial charge >= 0.3 is 6.18 Å². The number of nitrogens with one attached hydrogen (secondary N) is 2. The van der Waals surface area contributed by atoms with Crippen LogP contribution in [0, 0.1) is 0 Å². The van der Waals surface area contributed by atoms with Gasteiger partial charge < -0.3 is 15.4 Å². The van der Waals surface area contributed by atoms with Crippen molar-refractivity contribution in [1.82, 2.24) is 5.32 Å². The summed E-state index contributed by atoms with van der Waals surface area (Å²) in [4.78, 5) is 23.7. The molecule has 0 unspecified atom stereocenters. The smallest absolute Gasteiger partial charge is 0.405 e. The van der Waals surface area contributed by atoms with E-state index in [2.05, 4.69) is 21.2 Å². The van der Waals surface area contributed by atoms with Crippen LogP contribution in [0.15, 0.2) is 46.9 Å². The number of hydrogen-bond donors (Lipinski definition) is 2. The Labute approximate surface area is 166 Å². The minimum atomic E-state index is -4.51. The Morgan fingerprint density at radius 2 is 1.89 bits per heavy atom. The Balaban J connectivity index is 1.93. The van der Waals surface area contributed by atoms with Gasteiger partial charge in [0.05, 0.1) is 5.02 Å². The maximum Gasteiger partial charge on any atom is 0.405 e. The Kier molecular flexibility index (Phi) is 7.09. The molecule has 144 valence electrons. The summed E-state index contributed by atoms with van der Waals surface area (Å²) in [6, 6.07) is 10.4. The fourth-order valence-electron chi connectivity index (χ4n) is 1.95. The first-order chi connectivity index (χ1) is 12.6. The number of carbonyl (C=O) groups is 2. The van der Waals surface area contributed by atoms with Gasteiger partial charge in [-0.15, -0.1) is 0 Å². The van der Waals surface area contributed by atoms with Gasteiger partial charge in [-0.1, -0.05) is 33.6 Å². The van der Waals surface area contributed by atoms with Crippen molar-refractivity contribution in [1.29, 1.82) is 0 Å². The number of anilines is 1. The Morgan fingerprint density at radius 1 is 1.15 bits per heavy atom. The molecule has 27 heavy (non-hydrogen) atoms. The van der Waals surface area contributed by atoms with Crippen LogP contribution >= 0.6 is 27.5 Å². The predicted octanol–water partition coefficient (Wildman–Crippen LogP) is 4.41. The summed E-state index contributed by atoms with van der Waals surface area (Å²) >= 11 is 9.23. The summed E-state index contributed by atoms with van der Waals surface area (Å²) in [5.41, 5.74) is 0.221. The average molecular weight is 466 g/mol. The molecule has 0 radical (unpaired) electrons. The number of ether oxygens (including phenoxy) is 1. The molecule has 0 atom stereocenters. The van der Waals surface area contributed by atoms with E-state index in [9.17, 15) is 22.8 Å². The molecular formula is C17H13BrClF3N2O3. The van der Waals surface area contributed by atoms with Crippen molar-refractivity contribution >= 4 is 45.0 Å². The normalized spacial score (nSPS) is 11.0. The third-order valence-corrected chi connectivity index (χ3v) is 3.90. The van der Waals surface area contributed by atoms with Crippen molar-refractivity contribution in [3.63, 3.8) is 0 Å². The zero-order valence-corrected chi connectivity index (χ0v) is 15.9. The SMILES string of the molecule is O=C(COc1ccc(Br)cc1Cl)Nc1cccc(C(=O)NCC(F)(F)F)c1. The van der Waals surface area contributed by atoms with Gasteiger partial charge in [-0.3, -0.25) is 9.59 Å². The molecule has 0 heterocycles. The summed E-state index contributed by atoms with van der Waals surface area (Å²) in [6.45, 7) is -1.78. The second kappa shape index (κ2) is 9.09. The monoisotopic (exact) mass is 464 g/mol. The van der Waals surface area contributed by atoms with E-state index in [0.717, 1.165) is 4.47 Å². The van der Waals surface area contributed by atoms with Gasteiger partial charge in [0.25, 0.3) is 11.8 Å². The van der Waals surface area contributed by atoms with Gasteiger partial charge in [0, 0.05) is 15.7 Å². The number of benzene rings is 2. The van der Waals surface area contributed by atoms with E-state index in [1.807, 2.05) is 0 Å². The first kappa shape index (κ1) is 21.0. The molecule has 2 amide bonds. The standard InChI is InChI=1S/C17H13BrClF3N2O3/c18-11-4-5-14(13(19)7-11)27-8-15(25)24-12-3-1-2-10(6-12)16(26)23-9-17(20,21)22/h1-7H,8-9H2,(H,23,26)(H,24,25). The first-order valence-electron chi connectivity index (χ1n) is 7.47. The Bertz CT molecular complexity index is 846. The number of alkyl halides is 3. The molecule has 2 N–H and O–H groups in total. The van der Waals surface area contributed by atoms with E-state index in [4.69, 9.17) is 16.3 Å². The summed E-state index contributed by atoms with van der Waals surface area (Å²) < 4.78 is 42.5. The van der Waals surface area contributed by atoms with E-state index in [-0.39, 0.29) is 17.9 Å². The van der Waals surface area contributed by atoms with Crippen LogP contribution in [0.1, 0.15) is 10.4 Å².